The maximum absolute atomic E-state index is 12.5. The van der Waals surface area contributed by atoms with Crippen molar-refractivity contribution >= 4 is 5.95 Å². The molecule has 1 aliphatic heterocycles. The first-order chi connectivity index (χ1) is 7.34. The van der Waals surface area contributed by atoms with E-state index >= 15 is 0 Å². The number of nitrogens with zero attached hydrogens (tertiary/aromatic N) is 2. The van der Waals surface area contributed by atoms with Crippen molar-refractivity contribution < 1.29 is 13.9 Å². The number of nitrogens with one attached hydrogen (secondary N) is 1. The second-order valence-corrected chi connectivity index (χ2v) is 3.17. The lowest BCUT2D eigenvalue weighted by Crippen LogP contribution is -2.34. The van der Waals surface area contributed by atoms with Crippen LogP contribution >= 0.6 is 0 Å². The first-order valence-corrected chi connectivity index (χ1v) is 4.75. The first kappa shape index (κ1) is 10.3. The Labute approximate surface area is 86.6 Å². The third-order valence-electron chi connectivity index (χ3n) is 1.99. The van der Waals surface area contributed by atoms with Gasteiger partial charge in [-0.25, -0.2) is 14.4 Å². The van der Waals surface area contributed by atoms with Crippen LogP contribution in [0.1, 0.15) is 0 Å². The van der Waals surface area contributed by atoms with Crippen molar-refractivity contribution in [1.82, 2.24) is 9.97 Å². The Balaban J connectivity index is 1.79. The van der Waals surface area contributed by atoms with E-state index in [0.717, 1.165) is 12.4 Å². The van der Waals surface area contributed by atoms with E-state index in [0.29, 0.717) is 32.3 Å². The summed E-state index contributed by atoms with van der Waals surface area (Å²) in [5.41, 5.74) is 0. The zero-order chi connectivity index (χ0) is 10.5. The van der Waals surface area contributed by atoms with E-state index in [9.17, 15) is 4.39 Å². The molecule has 0 radical (unpaired) electrons. The number of rotatable bonds is 3. The topological polar surface area (TPSA) is 56.3 Å². The van der Waals surface area contributed by atoms with Gasteiger partial charge in [0, 0.05) is 6.54 Å². The van der Waals surface area contributed by atoms with E-state index in [1.54, 1.807) is 0 Å². The standard InChI is InChI=1S/C9H12FN3O2/c10-7-3-11-9(12-4-7)13-5-8-6-14-1-2-15-8/h3-4,8H,1-2,5-6H2,(H,11,12,13). The summed E-state index contributed by atoms with van der Waals surface area (Å²) in [6.45, 7) is 2.37. The Morgan fingerprint density at radius 1 is 1.40 bits per heavy atom. The molecule has 5 nitrogen and oxygen atoms in total. The molecule has 1 unspecified atom stereocenters. The van der Waals surface area contributed by atoms with E-state index in [-0.39, 0.29) is 6.10 Å². The Morgan fingerprint density at radius 2 is 2.20 bits per heavy atom. The SMILES string of the molecule is Fc1cnc(NCC2COCCO2)nc1. The summed E-state index contributed by atoms with van der Waals surface area (Å²) >= 11 is 0. The van der Waals surface area contributed by atoms with Gasteiger partial charge in [0.2, 0.25) is 5.95 Å². The minimum absolute atomic E-state index is 0.00685. The van der Waals surface area contributed by atoms with Crippen molar-refractivity contribution in [3.8, 4) is 0 Å². The third kappa shape index (κ3) is 3.10. The molecule has 1 fully saturated rings. The van der Waals surface area contributed by atoms with Gasteiger partial charge in [-0.1, -0.05) is 0 Å². The smallest absolute Gasteiger partial charge is 0.222 e. The van der Waals surface area contributed by atoms with Crippen LogP contribution in [0.3, 0.4) is 0 Å². The van der Waals surface area contributed by atoms with Crippen LogP contribution in [0.25, 0.3) is 0 Å². The van der Waals surface area contributed by atoms with E-state index in [1.165, 1.54) is 0 Å². The van der Waals surface area contributed by atoms with E-state index < -0.39 is 5.82 Å². The molecular weight excluding hydrogens is 201 g/mol. The van der Waals surface area contributed by atoms with Crippen LogP contribution in [-0.2, 0) is 9.47 Å². The Kier molecular flexibility index (Phi) is 3.41. The molecule has 0 spiro atoms. The van der Waals surface area contributed by atoms with Crippen LogP contribution in [0.2, 0.25) is 0 Å². The molecule has 1 atom stereocenters. The monoisotopic (exact) mass is 213 g/mol. The molecule has 2 heterocycles. The number of aromatic nitrogens is 2. The molecule has 1 saturated heterocycles. The van der Waals surface area contributed by atoms with Gasteiger partial charge in [0.25, 0.3) is 0 Å². The molecule has 0 bridgehead atoms. The third-order valence-corrected chi connectivity index (χ3v) is 1.99. The second kappa shape index (κ2) is 4.99. The largest absolute Gasteiger partial charge is 0.376 e. The molecule has 15 heavy (non-hydrogen) atoms. The van der Waals surface area contributed by atoms with Crippen LogP contribution in [0.4, 0.5) is 10.3 Å². The maximum atomic E-state index is 12.5. The minimum atomic E-state index is -0.446. The van der Waals surface area contributed by atoms with E-state index in [4.69, 9.17) is 9.47 Å². The fourth-order valence-corrected chi connectivity index (χ4v) is 1.26. The highest BCUT2D eigenvalue weighted by molar-refractivity contribution is 5.22. The van der Waals surface area contributed by atoms with E-state index in [1.807, 2.05) is 0 Å². The summed E-state index contributed by atoms with van der Waals surface area (Å²) in [4.78, 5) is 7.54. The quantitative estimate of drug-likeness (QED) is 0.789. The Bertz CT molecular complexity index is 301. The summed E-state index contributed by atoms with van der Waals surface area (Å²) in [6, 6.07) is 0. The van der Waals surface area contributed by atoms with Gasteiger partial charge in [0.15, 0.2) is 5.82 Å². The molecule has 1 aromatic heterocycles. The van der Waals surface area contributed by atoms with Crippen LogP contribution in [-0.4, -0.2) is 42.4 Å². The van der Waals surface area contributed by atoms with Crippen molar-refractivity contribution in [2.75, 3.05) is 31.7 Å². The van der Waals surface area contributed by atoms with Gasteiger partial charge in [0.05, 0.1) is 38.3 Å². The molecule has 1 aromatic rings. The van der Waals surface area contributed by atoms with Gasteiger partial charge in [-0.05, 0) is 0 Å². The molecule has 0 amide bonds. The predicted octanol–water partition coefficient (Wildman–Crippen LogP) is 0.443. The number of anilines is 1. The van der Waals surface area contributed by atoms with Crippen LogP contribution in [0, 0.1) is 5.82 Å². The van der Waals surface area contributed by atoms with Crippen molar-refractivity contribution in [3.05, 3.63) is 18.2 Å². The summed E-state index contributed by atoms with van der Waals surface area (Å²) in [7, 11) is 0. The zero-order valence-corrected chi connectivity index (χ0v) is 8.15. The fourth-order valence-electron chi connectivity index (χ4n) is 1.26. The predicted molar refractivity (Wildman–Crippen MR) is 51.0 cm³/mol. The van der Waals surface area contributed by atoms with Gasteiger partial charge < -0.3 is 14.8 Å². The second-order valence-electron chi connectivity index (χ2n) is 3.17. The average Bonchev–Trinajstić information content (AvgIpc) is 2.30. The van der Waals surface area contributed by atoms with Gasteiger partial charge in [-0.15, -0.1) is 0 Å². The normalized spacial score (nSPS) is 21.3. The lowest BCUT2D eigenvalue weighted by molar-refractivity contribution is -0.0819. The average molecular weight is 213 g/mol. The maximum Gasteiger partial charge on any atom is 0.222 e. The van der Waals surface area contributed by atoms with Crippen LogP contribution in [0.15, 0.2) is 12.4 Å². The number of halogens is 1. The lowest BCUT2D eigenvalue weighted by Gasteiger charge is -2.22. The van der Waals surface area contributed by atoms with Crippen molar-refractivity contribution in [2.24, 2.45) is 0 Å². The highest BCUT2D eigenvalue weighted by Gasteiger charge is 2.13. The van der Waals surface area contributed by atoms with Gasteiger partial charge >= 0.3 is 0 Å². The number of hydrogen-bond acceptors (Lipinski definition) is 5. The molecule has 0 aliphatic carbocycles. The lowest BCUT2D eigenvalue weighted by atomic mass is 10.3. The van der Waals surface area contributed by atoms with Crippen LogP contribution < -0.4 is 5.32 Å². The van der Waals surface area contributed by atoms with Crippen LogP contribution in [0.5, 0.6) is 0 Å². The molecule has 6 heteroatoms. The molecular formula is C9H12FN3O2. The molecule has 82 valence electrons. The van der Waals surface area contributed by atoms with Gasteiger partial charge in [-0.3, -0.25) is 0 Å². The zero-order valence-electron chi connectivity index (χ0n) is 8.15. The van der Waals surface area contributed by atoms with Gasteiger partial charge in [-0.2, -0.15) is 0 Å². The molecule has 2 rings (SSSR count). The highest BCUT2D eigenvalue weighted by atomic mass is 19.1. The molecule has 0 aromatic carbocycles. The van der Waals surface area contributed by atoms with Crippen molar-refractivity contribution in [3.63, 3.8) is 0 Å². The Morgan fingerprint density at radius 3 is 2.87 bits per heavy atom. The molecule has 1 N–H and O–H groups in total. The summed E-state index contributed by atoms with van der Waals surface area (Å²) in [5, 5.41) is 2.95. The summed E-state index contributed by atoms with van der Waals surface area (Å²) in [6.07, 6.45) is 2.24. The molecule has 1 aliphatic rings. The number of ether oxygens (including phenoxy) is 2. The highest BCUT2D eigenvalue weighted by Crippen LogP contribution is 2.03. The first-order valence-electron chi connectivity index (χ1n) is 4.75. The van der Waals surface area contributed by atoms with Crippen molar-refractivity contribution in [2.45, 2.75) is 6.10 Å². The fraction of sp³-hybridized carbons (Fsp3) is 0.556. The number of hydrogen-bond donors (Lipinski definition) is 1. The van der Waals surface area contributed by atoms with Crippen molar-refractivity contribution in [1.29, 1.82) is 0 Å². The van der Waals surface area contributed by atoms with E-state index in [2.05, 4.69) is 15.3 Å². The minimum Gasteiger partial charge on any atom is -0.376 e. The molecule has 0 saturated carbocycles. The summed E-state index contributed by atoms with van der Waals surface area (Å²) < 4.78 is 23.1. The summed E-state index contributed by atoms with van der Waals surface area (Å²) in [5.74, 6) is -0.0524. The Hall–Kier alpha value is -1.27. The van der Waals surface area contributed by atoms with Gasteiger partial charge in [0.1, 0.15) is 0 Å².